The van der Waals surface area contributed by atoms with Crippen molar-refractivity contribution in [2.75, 3.05) is 41.3 Å². The maximum absolute atomic E-state index is 14.3. The number of hydrogen-bond acceptors (Lipinski definition) is 9. The van der Waals surface area contributed by atoms with Crippen LogP contribution in [0.1, 0.15) is 32.7 Å². The third kappa shape index (κ3) is 4.99. The number of β-amino-alcohol motifs (C(OH)–C–C–N with tert-alkyl or cyclic N) is 1. The second kappa shape index (κ2) is 9.24. The third-order valence-electron chi connectivity index (χ3n) is 7.00. The molecular weight excluding hydrogens is 496 g/mol. The van der Waals surface area contributed by atoms with Crippen LogP contribution >= 0.6 is 0 Å². The van der Waals surface area contributed by atoms with Crippen molar-refractivity contribution in [2.24, 2.45) is 0 Å². The van der Waals surface area contributed by atoms with Crippen LogP contribution in [0.2, 0.25) is 0 Å². The van der Waals surface area contributed by atoms with E-state index in [0.29, 0.717) is 36.5 Å². The monoisotopic (exact) mass is 524 g/mol. The predicted molar refractivity (Wildman–Crippen MR) is 129 cm³/mol. The van der Waals surface area contributed by atoms with E-state index in [9.17, 15) is 27.8 Å². The van der Waals surface area contributed by atoms with E-state index < -0.39 is 30.1 Å². The summed E-state index contributed by atoms with van der Waals surface area (Å²) in [5.41, 5.74) is -1.18. The molecule has 200 valence electrons. The fourth-order valence-corrected chi connectivity index (χ4v) is 4.57. The maximum Gasteiger partial charge on any atom is 0.410 e. The smallest absolute Gasteiger partial charge is 0.391 e. The molecule has 0 aromatic carbocycles. The van der Waals surface area contributed by atoms with E-state index in [1.807, 2.05) is 0 Å². The number of rotatable bonds is 5. The van der Waals surface area contributed by atoms with Gasteiger partial charge in [-0.25, -0.2) is 14.4 Å². The number of aliphatic hydroxyl groups excluding tert-OH is 1. The van der Waals surface area contributed by atoms with Crippen molar-refractivity contribution in [2.45, 2.75) is 56.8 Å². The fraction of sp³-hybridized carbons (Fsp3) is 0.565. The third-order valence-corrected chi connectivity index (χ3v) is 7.00. The molecule has 37 heavy (non-hydrogen) atoms. The van der Waals surface area contributed by atoms with Crippen LogP contribution < -0.4 is 15.1 Å². The van der Waals surface area contributed by atoms with E-state index in [-0.39, 0.29) is 36.8 Å². The molecule has 0 bridgehead atoms. The Labute approximate surface area is 209 Å². The quantitative estimate of drug-likeness (QED) is 0.434. The topological polar surface area (TPSA) is 115 Å². The Hall–Kier alpha value is -3.26. The lowest BCUT2D eigenvalue weighted by molar-refractivity contribution is -0.164. The number of pyridine rings is 1. The molecule has 2 aliphatic rings. The Balaban J connectivity index is 1.45. The van der Waals surface area contributed by atoms with Gasteiger partial charge >= 0.3 is 6.18 Å². The van der Waals surface area contributed by atoms with Crippen LogP contribution in [0.25, 0.3) is 10.9 Å². The van der Waals surface area contributed by atoms with Gasteiger partial charge in [0.05, 0.1) is 29.2 Å². The molecule has 3 aromatic heterocycles. The average Bonchev–Trinajstić information content (AvgIpc) is 3.43. The number of alkyl halides is 4. The van der Waals surface area contributed by atoms with Crippen LogP contribution in [-0.2, 0) is 0 Å². The van der Waals surface area contributed by atoms with E-state index in [2.05, 4.69) is 25.4 Å². The molecule has 0 radical (unpaired) electrons. The molecule has 0 amide bonds. The molecule has 2 aliphatic heterocycles. The number of hydrogen-bond donors (Lipinski definition) is 3. The van der Waals surface area contributed by atoms with Gasteiger partial charge in [-0.15, -0.1) is 0 Å². The molecule has 3 aromatic rings. The van der Waals surface area contributed by atoms with Gasteiger partial charge in [0.15, 0.2) is 5.82 Å². The number of anilines is 4. The minimum Gasteiger partial charge on any atom is -0.391 e. The summed E-state index contributed by atoms with van der Waals surface area (Å²) in [4.78, 5) is 16.3. The summed E-state index contributed by atoms with van der Waals surface area (Å²) in [6, 6.07) is 1.15. The van der Waals surface area contributed by atoms with Crippen LogP contribution in [0.15, 0.2) is 24.5 Å². The van der Waals surface area contributed by atoms with E-state index in [1.165, 1.54) is 25.4 Å². The highest BCUT2D eigenvalue weighted by molar-refractivity contribution is 5.92. The number of piperidine rings is 1. The van der Waals surface area contributed by atoms with Crippen molar-refractivity contribution in [3.05, 3.63) is 24.5 Å². The Morgan fingerprint density at radius 3 is 2.62 bits per heavy atom. The Morgan fingerprint density at radius 1 is 1.16 bits per heavy atom. The highest BCUT2D eigenvalue weighted by Gasteiger charge is 2.40. The van der Waals surface area contributed by atoms with E-state index in [4.69, 9.17) is 0 Å². The van der Waals surface area contributed by atoms with Gasteiger partial charge in [-0.2, -0.15) is 23.3 Å². The second-order valence-corrected chi connectivity index (χ2v) is 9.85. The van der Waals surface area contributed by atoms with Crippen LogP contribution in [0, 0.1) is 0 Å². The molecule has 5 heterocycles. The van der Waals surface area contributed by atoms with Gasteiger partial charge in [0.2, 0.25) is 5.95 Å². The average molecular weight is 525 g/mol. The molecular formula is C23H28F4N8O2. The van der Waals surface area contributed by atoms with Crippen molar-refractivity contribution >= 4 is 34.3 Å². The molecule has 0 spiro atoms. The van der Waals surface area contributed by atoms with Gasteiger partial charge < -0.3 is 25.3 Å². The first-order valence-corrected chi connectivity index (χ1v) is 12.0. The van der Waals surface area contributed by atoms with Crippen molar-refractivity contribution < 1.29 is 27.8 Å². The first kappa shape index (κ1) is 25.4. The summed E-state index contributed by atoms with van der Waals surface area (Å²) < 4.78 is 56.2. The molecule has 2 saturated heterocycles. The first-order chi connectivity index (χ1) is 17.4. The summed E-state index contributed by atoms with van der Waals surface area (Å²) in [6.07, 6.45) is -2.91. The predicted octanol–water partition coefficient (Wildman–Crippen LogP) is 2.96. The summed E-state index contributed by atoms with van der Waals surface area (Å²) in [5.74, 6) is 1.16. The molecule has 10 nitrogen and oxygen atoms in total. The number of fused-ring (bicyclic) bond motifs is 1. The number of aromatic nitrogens is 5. The lowest BCUT2D eigenvalue weighted by Gasteiger charge is -2.38. The Morgan fingerprint density at radius 2 is 1.95 bits per heavy atom. The van der Waals surface area contributed by atoms with Gasteiger partial charge in [-0.05, 0) is 32.8 Å². The van der Waals surface area contributed by atoms with Gasteiger partial charge in [-0.1, -0.05) is 0 Å². The van der Waals surface area contributed by atoms with Gasteiger partial charge in [0.25, 0.3) is 0 Å². The van der Waals surface area contributed by atoms with Crippen LogP contribution in [-0.4, -0.2) is 85.2 Å². The summed E-state index contributed by atoms with van der Waals surface area (Å²) in [5, 5.41) is 27.7. The fourth-order valence-electron chi connectivity index (χ4n) is 4.57. The van der Waals surface area contributed by atoms with Crippen molar-refractivity contribution in [1.82, 2.24) is 24.7 Å². The maximum atomic E-state index is 14.3. The van der Waals surface area contributed by atoms with Crippen LogP contribution in [0.5, 0.6) is 0 Å². The molecule has 0 saturated carbocycles. The number of halogens is 4. The summed E-state index contributed by atoms with van der Waals surface area (Å²) >= 11 is 0. The first-order valence-electron chi connectivity index (χ1n) is 12.0. The SMILES string of the molecule is CC(n1nc(N2CC[C@@H](O)C2)c2cnc(Nc3ccnc(N4CCC(C)(O)C(F)C4)n3)cc21)C(F)(F)F. The van der Waals surface area contributed by atoms with Crippen molar-refractivity contribution in [3.8, 4) is 0 Å². The lowest BCUT2D eigenvalue weighted by atomic mass is 9.92. The van der Waals surface area contributed by atoms with Gasteiger partial charge in [-0.3, -0.25) is 4.68 Å². The zero-order valence-corrected chi connectivity index (χ0v) is 20.3. The van der Waals surface area contributed by atoms with Crippen LogP contribution in [0.4, 0.5) is 41.0 Å². The van der Waals surface area contributed by atoms with Gasteiger partial charge in [0.1, 0.15) is 23.8 Å². The summed E-state index contributed by atoms with van der Waals surface area (Å²) in [7, 11) is 0. The molecule has 2 fully saturated rings. The minimum atomic E-state index is -4.52. The Bertz CT molecular complexity index is 1280. The number of nitrogens with one attached hydrogen (secondary N) is 1. The van der Waals surface area contributed by atoms with Crippen molar-refractivity contribution in [3.63, 3.8) is 0 Å². The Kier molecular flexibility index (Phi) is 6.34. The van der Waals surface area contributed by atoms with Gasteiger partial charge in [0, 0.05) is 38.1 Å². The lowest BCUT2D eigenvalue weighted by Crippen LogP contribution is -2.52. The number of aliphatic hydroxyl groups is 2. The van der Waals surface area contributed by atoms with E-state index >= 15 is 0 Å². The summed E-state index contributed by atoms with van der Waals surface area (Å²) in [6.45, 7) is 3.54. The minimum absolute atomic E-state index is 0.0663. The normalized spacial score (nSPS) is 25.6. The highest BCUT2D eigenvalue weighted by atomic mass is 19.4. The molecule has 3 unspecified atom stereocenters. The largest absolute Gasteiger partial charge is 0.410 e. The van der Waals surface area contributed by atoms with Crippen LogP contribution in [0.3, 0.4) is 0 Å². The second-order valence-electron chi connectivity index (χ2n) is 9.85. The molecule has 4 atom stereocenters. The van der Waals surface area contributed by atoms with E-state index in [0.717, 1.165) is 11.6 Å². The molecule has 3 N–H and O–H groups in total. The molecule has 14 heteroatoms. The number of nitrogens with zero attached hydrogens (tertiary/aromatic N) is 7. The zero-order chi connectivity index (χ0) is 26.5. The molecule has 0 aliphatic carbocycles. The van der Waals surface area contributed by atoms with Crippen molar-refractivity contribution in [1.29, 1.82) is 0 Å². The zero-order valence-electron chi connectivity index (χ0n) is 20.3. The standard InChI is InChI=1S/C23H28F4N8O2/c1-13(23(25,26)27)35-16-9-19(29-10-15(16)20(32-35)33-7-4-14(36)11-33)30-18-3-6-28-21(31-18)34-8-5-22(2,37)17(24)12-34/h3,6,9-10,13-14,17,36-37H,4-5,7-8,11-12H2,1-2H3,(H,28,29,30,31)/t13?,14-,17?,22?/m1/s1. The van der Waals surface area contributed by atoms with E-state index in [1.54, 1.807) is 15.9 Å². The molecule has 5 rings (SSSR count). The highest BCUT2D eigenvalue weighted by Crippen LogP contribution is 2.37.